The fourth-order valence-electron chi connectivity index (χ4n) is 3.73. The normalized spacial score (nSPS) is 19.2. The molecule has 0 spiro atoms. The quantitative estimate of drug-likeness (QED) is 0.872. The maximum absolute atomic E-state index is 13.7. The zero-order valence-corrected chi connectivity index (χ0v) is 15.5. The summed E-state index contributed by atoms with van der Waals surface area (Å²) >= 11 is 0. The van der Waals surface area contributed by atoms with Gasteiger partial charge in [0.15, 0.2) is 24.0 Å². The number of fused-ring (bicyclic) bond motifs is 1. The van der Waals surface area contributed by atoms with Crippen molar-refractivity contribution >= 4 is 5.91 Å². The molecule has 6 nitrogen and oxygen atoms in total. The number of halogens is 2. The molecule has 1 amide bonds. The lowest BCUT2D eigenvalue weighted by Gasteiger charge is -2.35. The summed E-state index contributed by atoms with van der Waals surface area (Å²) in [6.07, 6.45) is 5.35. The van der Waals surface area contributed by atoms with Crippen molar-refractivity contribution in [2.75, 3.05) is 19.7 Å². The molecule has 8 heteroatoms. The van der Waals surface area contributed by atoms with Crippen molar-refractivity contribution in [3.63, 3.8) is 0 Å². The number of likely N-dealkylation sites (tertiary alicyclic amines) is 1. The molecule has 2 aromatic rings. The summed E-state index contributed by atoms with van der Waals surface area (Å²) in [6, 6.07) is 2.82. The Labute approximate surface area is 161 Å². The first-order chi connectivity index (χ1) is 13.6. The number of carbonyl (C=O) groups is 1. The minimum atomic E-state index is -0.824. The molecule has 28 heavy (non-hydrogen) atoms. The van der Waals surface area contributed by atoms with Crippen LogP contribution in [-0.4, -0.2) is 40.5 Å². The molecule has 0 aliphatic carbocycles. The van der Waals surface area contributed by atoms with Crippen molar-refractivity contribution in [2.24, 2.45) is 0 Å². The summed E-state index contributed by atoms with van der Waals surface area (Å²) in [5.74, 6) is -1.25. The monoisotopic (exact) mass is 388 g/mol. The predicted octanol–water partition coefficient (Wildman–Crippen LogP) is 2.53. The van der Waals surface area contributed by atoms with Crippen LogP contribution in [0.15, 0.2) is 24.4 Å². The van der Waals surface area contributed by atoms with E-state index in [1.165, 1.54) is 6.07 Å². The van der Waals surface area contributed by atoms with E-state index in [0.29, 0.717) is 12.4 Å². The Morgan fingerprint density at radius 1 is 1.32 bits per heavy atom. The molecule has 2 aliphatic heterocycles. The zero-order chi connectivity index (χ0) is 19.5. The molecule has 3 heterocycles. The molecule has 1 N–H and O–H groups in total. The van der Waals surface area contributed by atoms with Crippen LogP contribution in [0.5, 0.6) is 5.75 Å². The Morgan fingerprint density at radius 3 is 3.07 bits per heavy atom. The number of nitrogens with zero attached hydrogens (tertiary/aromatic N) is 3. The lowest BCUT2D eigenvalue weighted by Crippen LogP contribution is -2.42. The standard InChI is InChI=1S/C20H22F2N4O2/c21-14-4-5-18(15(22)9-14)28-12-19(27)26-8-2-1-3-17(26)20-24-11-13-10-23-7-6-16(13)25-20/h4-5,9,11,17,23H,1-3,6-8,10,12H2/t17-/m1/s1. The van der Waals surface area contributed by atoms with Crippen molar-refractivity contribution in [3.05, 3.63) is 53.1 Å². The molecule has 0 radical (unpaired) electrons. The minimum absolute atomic E-state index is 0.138. The Morgan fingerprint density at radius 2 is 2.21 bits per heavy atom. The van der Waals surface area contributed by atoms with Crippen LogP contribution >= 0.6 is 0 Å². The zero-order valence-electron chi connectivity index (χ0n) is 15.5. The van der Waals surface area contributed by atoms with Crippen molar-refractivity contribution < 1.29 is 18.3 Å². The number of aromatic nitrogens is 2. The number of amides is 1. The van der Waals surface area contributed by atoms with E-state index in [-0.39, 0.29) is 24.3 Å². The lowest BCUT2D eigenvalue weighted by molar-refractivity contribution is -0.137. The summed E-state index contributed by atoms with van der Waals surface area (Å²) in [7, 11) is 0. The van der Waals surface area contributed by atoms with Gasteiger partial charge in [0.05, 0.1) is 6.04 Å². The van der Waals surface area contributed by atoms with E-state index >= 15 is 0 Å². The highest BCUT2D eigenvalue weighted by atomic mass is 19.1. The van der Waals surface area contributed by atoms with Gasteiger partial charge in [-0.05, 0) is 31.4 Å². The molecule has 0 bridgehead atoms. The molecule has 0 saturated carbocycles. The molecule has 4 rings (SSSR count). The Kier molecular flexibility index (Phi) is 5.47. The van der Waals surface area contributed by atoms with Gasteiger partial charge in [-0.2, -0.15) is 0 Å². The summed E-state index contributed by atoms with van der Waals surface area (Å²) in [5.41, 5.74) is 2.13. The molecular weight excluding hydrogens is 366 g/mol. The third-order valence-corrected chi connectivity index (χ3v) is 5.19. The van der Waals surface area contributed by atoms with Crippen LogP contribution in [0.1, 0.15) is 42.4 Å². The van der Waals surface area contributed by atoms with Gasteiger partial charge in [0.25, 0.3) is 5.91 Å². The molecule has 1 aromatic heterocycles. The second kappa shape index (κ2) is 8.18. The largest absolute Gasteiger partial charge is 0.481 e. The van der Waals surface area contributed by atoms with Crippen molar-refractivity contribution in [1.82, 2.24) is 20.2 Å². The Balaban J connectivity index is 1.48. The van der Waals surface area contributed by atoms with Gasteiger partial charge in [-0.15, -0.1) is 0 Å². The van der Waals surface area contributed by atoms with E-state index in [0.717, 1.165) is 62.2 Å². The van der Waals surface area contributed by atoms with E-state index in [1.807, 2.05) is 6.20 Å². The van der Waals surface area contributed by atoms with E-state index < -0.39 is 11.6 Å². The first-order valence-corrected chi connectivity index (χ1v) is 9.54. The highest BCUT2D eigenvalue weighted by Crippen LogP contribution is 2.30. The van der Waals surface area contributed by atoms with Crippen molar-refractivity contribution in [2.45, 2.75) is 38.3 Å². The highest BCUT2D eigenvalue weighted by molar-refractivity contribution is 5.78. The topological polar surface area (TPSA) is 67.3 Å². The van der Waals surface area contributed by atoms with Crippen LogP contribution in [0.4, 0.5) is 8.78 Å². The maximum atomic E-state index is 13.7. The number of carbonyl (C=O) groups excluding carboxylic acids is 1. The van der Waals surface area contributed by atoms with Gasteiger partial charge in [-0.25, -0.2) is 18.7 Å². The second-order valence-electron chi connectivity index (χ2n) is 7.09. The third kappa shape index (κ3) is 3.96. The number of piperidine rings is 1. The van der Waals surface area contributed by atoms with Gasteiger partial charge in [0, 0.05) is 49.6 Å². The van der Waals surface area contributed by atoms with Crippen LogP contribution < -0.4 is 10.1 Å². The molecule has 1 fully saturated rings. The van der Waals surface area contributed by atoms with E-state index in [2.05, 4.69) is 10.3 Å². The van der Waals surface area contributed by atoms with Gasteiger partial charge in [-0.3, -0.25) is 4.79 Å². The fourth-order valence-corrected chi connectivity index (χ4v) is 3.73. The van der Waals surface area contributed by atoms with Crippen molar-refractivity contribution in [1.29, 1.82) is 0 Å². The Hall–Kier alpha value is -2.61. The second-order valence-corrected chi connectivity index (χ2v) is 7.09. The lowest BCUT2D eigenvalue weighted by atomic mass is 10.0. The number of ether oxygens (including phenoxy) is 1. The highest BCUT2D eigenvalue weighted by Gasteiger charge is 2.31. The van der Waals surface area contributed by atoms with Crippen LogP contribution in [0, 0.1) is 11.6 Å². The Bertz CT molecular complexity index is 877. The predicted molar refractivity (Wildman–Crippen MR) is 97.6 cm³/mol. The molecule has 0 unspecified atom stereocenters. The summed E-state index contributed by atoms with van der Waals surface area (Å²) in [6.45, 7) is 1.92. The van der Waals surface area contributed by atoms with E-state index in [1.54, 1.807) is 4.90 Å². The van der Waals surface area contributed by atoms with Crippen LogP contribution in [0.25, 0.3) is 0 Å². The molecule has 1 atom stereocenters. The van der Waals surface area contributed by atoms with Gasteiger partial charge < -0.3 is 15.0 Å². The van der Waals surface area contributed by atoms with E-state index in [9.17, 15) is 13.6 Å². The first kappa shape index (κ1) is 18.7. The number of rotatable bonds is 4. The summed E-state index contributed by atoms with van der Waals surface area (Å²) < 4.78 is 32.0. The SMILES string of the molecule is O=C(COc1ccc(F)cc1F)N1CCCC[C@@H]1c1ncc2c(n1)CCNC2. The van der Waals surface area contributed by atoms with Crippen LogP contribution in [0.2, 0.25) is 0 Å². The molecule has 1 saturated heterocycles. The van der Waals surface area contributed by atoms with Gasteiger partial charge in [0.1, 0.15) is 5.82 Å². The van der Waals surface area contributed by atoms with Gasteiger partial charge >= 0.3 is 0 Å². The molecule has 2 aliphatic rings. The summed E-state index contributed by atoms with van der Waals surface area (Å²) in [5, 5.41) is 3.29. The smallest absolute Gasteiger partial charge is 0.261 e. The summed E-state index contributed by atoms with van der Waals surface area (Å²) in [4.78, 5) is 23.7. The minimum Gasteiger partial charge on any atom is -0.481 e. The van der Waals surface area contributed by atoms with Crippen LogP contribution in [0.3, 0.4) is 0 Å². The molecular formula is C20H22F2N4O2. The average molecular weight is 388 g/mol. The van der Waals surface area contributed by atoms with E-state index in [4.69, 9.17) is 9.72 Å². The fraction of sp³-hybridized carbons (Fsp3) is 0.450. The first-order valence-electron chi connectivity index (χ1n) is 9.54. The number of hydrogen-bond donors (Lipinski definition) is 1. The molecule has 1 aromatic carbocycles. The third-order valence-electron chi connectivity index (χ3n) is 5.19. The number of hydrogen-bond acceptors (Lipinski definition) is 5. The van der Waals surface area contributed by atoms with Crippen LogP contribution in [-0.2, 0) is 17.8 Å². The maximum Gasteiger partial charge on any atom is 0.261 e. The number of benzene rings is 1. The average Bonchev–Trinajstić information content (AvgIpc) is 2.72. The number of nitrogens with one attached hydrogen (secondary N) is 1. The van der Waals surface area contributed by atoms with Crippen molar-refractivity contribution in [3.8, 4) is 5.75 Å². The van der Waals surface area contributed by atoms with Gasteiger partial charge in [0.2, 0.25) is 0 Å². The van der Waals surface area contributed by atoms with Gasteiger partial charge in [-0.1, -0.05) is 0 Å². The molecule has 148 valence electrons.